The van der Waals surface area contributed by atoms with E-state index in [0.29, 0.717) is 5.13 Å². The summed E-state index contributed by atoms with van der Waals surface area (Å²) < 4.78 is 5.34. The number of rotatable bonds is 2. The minimum atomic E-state index is -0.0586. The fraction of sp³-hybridized carbons (Fsp3) is 0.636. The molecule has 0 aliphatic carbocycles. The number of carbonyl (C=O) groups is 1. The number of ether oxygens (including phenoxy) is 1. The number of carbonyl (C=O) groups excluding carboxylic acids is 1. The number of likely N-dealkylation sites (tertiary alicyclic amines) is 1. The summed E-state index contributed by atoms with van der Waals surface area (Å²) in [5, 5.41) is 5.31. The van der Waals surface area contributed by atoms with Gasteiger partial charge in [-0.2, -0.15) is 0 Å². The molecule has 0 spiro atoms. The standard InChI is InChI=1S/C11H17N3O2S/c1-16-9-3-2-6-14(7-4-9)11(15)13-10-12-5-8-17-10/h5,8-9H,2-4,6-7H2,1H3,(H,12,13,15). The fourth-order valence-electron chi connectivity index (χ4n) is 1.96. The zero-order valence-corrected chi connectivity index (χ0v) is 10.7. The van der Waals surface area contributed by atoms with Crippen molar-refractivity contribution in [2.24, 2.45) is 0 Å². The van der Waals surface area contributed by atoms with Crippen molar-refractivity contribution in [3.63, 3.8) is 0 Å². The Bertz CT molecular complexity index is 356. The zero-order valence-electron chi connectivity index (χ0n) is 9.89. The van der Waals surface area contributed by atoms with E-state index in [1.165, 1.54) is 11.3 Å². The molecule has 94 valence electrons. The molecule has 0 radical (unpaired) electrons. The number of aromatic nitrogens is 1. The van der Waals surface area contributed by atoms with Gasteiger partial charge < -0.3 is 9.64 Å². The number of anilines is 1. The van der Waals surface area contributed by atoms with Crippen molar-refractivity contribution >= 4 is 22.5 Å². The van der Waals surface area contributed by atoms with E-state index in [1.807, 2.05) is 10.3 Å². The molecule has 17 heavy (non-hydrogen) atoms. The predicted molar refractivity (Wildman–Crippen MR) is 67.4 cm³/mol. The molecule has 1 aromatic heterocycles. The maximum atomic E-state index is 12.0. The van der Waals surface area contributed by atoms with Crippen LogP contribution in [0, 0.1) is 0 Å². The van der Waals surface area contributed by atoms with Gasteiger partial charge in [-0.05, 0) is 19.3 Å². The molecule has 1 aliphatic rings. The van der Waals surface area contributed by atoms with Crippen molar-refractivity contribution in [3.8, 4) is 0 Å². The average molecular weight is 255 g/mol. The van der Waals surface area contributed by atoms with Gasteiger partial charge in [0.2, 0.25) is 0 Å². The van der Waals surface area contributed by atoms with E-state index in [4.69, 9.17) is 4.74 Å². The molecule has 2 amide bonds. The van der Waals surface area contributed by atoms with Crippen molar-refractivity contribution in [1.29, 1.82) is 0 Å². The van der Waals surface area contributed by atoms with Crippen LogP contribution in [-0.4, -0.2) is 42.2 Å². The molecule has 5 nitrogen and oxygen atoms in total. The number of urea groups is 1. The second kappa shape index (κ2) is 5.97. The highest BCUT2D eigenvalue weighted by atomic mass is 32.1. The summed E-state index contributed by atoms with van der Waals surface area (Å²) in [6, 6.07) is -0.0586. The Balaban J connectivity index is 1.87. The van der Waals surface area contributed by atoms with Gasteiger partial charge in [-0.3, -0.25) is 5.32 Å². The number of hydrogen-bond donors (Lipinski definition) is 1. The van der Waals surface area contributed by atoms with Crippen LogP contribution < -0.4 is 5.32 Å². The number of nitrogens with one attached hydrogen (secondary N) is 1. The van der Waals surface area contributed by atoms with Gasteiger partial charge in [-0.25, -0.2) is 9.78 Å². The second-order valence-electron chi connectivity index (χ2n) is 4.04. The van der Waals surface area contributed by atoms with E-state index >= 15 is 0 Å². The molecule has 0 aromatic carbocycles. The van der Waals surface area contributed by atoms with Crippen LogP contribution in [0.25, 0.3) is 0 Å². The highest BCUT2D eigenvalue weighted by molar-refractivity contribution is 7.13. The second-order valence-corrected chi connectivity index (χ2v) is 4.94. The first-order valence-electron chi connectivity index (χ1n) is 5.78. The Hall–Kier alpha value is -1.14. The Morgan fingerprint density at radius 3 is 3.18 bits per heavy atom. The van der Waals surface area contributed by atoms with Gasteiger partial charge in [0, 0.05) is 31.8 Å². The van der Waals surface area contributed by atoms with Gasteiger partial charge in [0.05, 0.1) is 6.10 Å². The summed E-state index contributed by atoms with van der Waals surface area (Å²) in [4.78, 5) is 17.8. The fourth-order valence-corrected chi connectivity index (χ4v) is 2.48. The van der Waals surface area contributed by atoms with Crippen molar-refractivity contribution < 1.29 is 9.53 Å². The number of nitrogens with zero attached hydrogens (tertiary/aromatic N) is 2. The first-order chi connectivity index (χ1) is 8.29. The monoisotopic (exact) mass is 255 g/mol. The Morgan fingerprint density at radius 2 is 2.47 bits per heavy atom. The summed E-state index contributed by atoms with van der Waals surface area (Å²) in [5.41, 5.74) is 0. The highest BCUT2D eigenvalue weighted by Crippen LogP contribution is 2.16. The van der Waals surface area contributed by atoms with Crippen LogP contribution in [0.5, 0.6) is 0 Å². The molecular weight excluding hydrogens is 238 g/mol. The zero-order chi connectivity index (χ0) is 12.1. The average Bonchev–Trinajstić information content (AvgIpc) is 2.71. The number of thiazole rings is 1. The summed E-state index contributed by atoms with van der Waals surface area (Å²) in [6.07, 6.45) is 4.89. The molecule has 1 fully saturated rings. The predicted octanol–water partition coefficient (Wildman–Crippen LogP) is 2.18. The molecule has 6 heteroatoms. The lowest BCUT2D eigenvalue weighted by molar-refractivity contribution is 0.0908. The summed E-state index contributed by atoms with van der Waals surface area (Å²) in [6.45, 7) is 1.53. The topological polar surface area (TPSA) is 54.5 Å². The maximum absolute atomic E-state index is 12.0. The molecule has 1 saturated heterocycles. The van der Waals surface area contributed by atoms with E-state index in [2.05, 4.69) is 10.3 Å². The molecular formula is C11H17N3O2S. The lowest BCUT2D eigenvalue weighted by Gasteiger charge is -2.20. The summed E-state index contributed by atoms with van der Waals surface area (Å²) in [5.74, 6) is 0. The van der Waals surface area contributed by atoms with Gasteiger partial charge in [0.1, 0.15) is 0 Å². The SMILES string of the molecule is COC1CCCN(C(=O)Nc2nccs2)CC1. The minimum Gasteiger partial charge on any atom is -0.381 e. The van der Waals surface area contributed by atoms with Crippen LogP contribution >= 0.6 is 11.3 Å². The maximum Gasteiger partial charge on any atom is 0.323 e. The molecule has 0 saturated carbocycles. The number of amides is 2. The van der Waals surface area contributed by atoms with Gasteiger partial charge in [0.15, 0.2) is 5.13 Å². The highest BCUT2D eigenvalue weighted by Gasteiger charge is 2.20. The molecule has 2 heterocycles. The van der Waals surface area contributed by atoms with Crippen molar-refractivity contribution in [2.45, 2.75) is 25.4 Å². The van der Waals surface area contributed by atoms with Crippen LogP contribution in [0.2, 0.25) is 0 Å². The van der Waals surface area contributed by atoms with Crippen LogP contribution in [0.15, 0.2) is 11.6 Å². The van der Waals surface area contributed by atoms with Crippen molar-refractivity contribution in [2.75, 3.05) is 25.5 Å². The Labute approximate surface area is 105 Å². The summed E-state index contributed by atoms with van der Waals surface area (Å²) >= 11 is 1.43. The lowest BCUT2D eigenvalue weighted by Crippen LogP contribution is -2.35. The van der Waals surface area contributed by atoms with Gasteiger partial charge in [-0.1, -0.05) is 0 Å². The third kappa shape index (κ3) is 3.41. The molecule has 2 rings (SSSR count). The largest absolute Gasteiger partial charge is 0.381 e. The van der Waals surface area contributed by atoms with E-state index < -0.39 is 0 Å². The first-order valence-corrected chi connectivity index (χ1v) is 6.66. The normalized spacial score (nSPS) is 21.0. The third-order valence-corrected chi connectivity index (χ3v) is 3.63. The van der Waals surface area contributed by atoms with Crippen LogP contribution in [0.1, 0.15) is 19.3 Å². The molecule has 1 atom stereocenters. The lowest BCUT2D eigenvalue weighted by atomic mass is 10.2. The van der Waals surface area contributed by atoms with Crippen LogP contribution in [0.4, 0.5) is 9.93 Å². The third-order valence-electron chi connectivity index (χ3n) is 2.94. The van der Waals surface area contributed by atoms with Crippen molar-refractivity contribution in [1.82, 2.24) is 9.88 Å². The van der Waals surface area contributed by atoms with E-state index in [9.17, 15) is 4.79 Å². The first kappa shape index (κ1) is 12.3. The molecule has 1 aliphatic heterocycles. The van der Waals surface area contributed by atoms with Gasteiger partial charge in [-0.15, -0.1) is 11.3 Å². The molecule has 1 aromatic rings. The van der Waals surface area contributed by atoms with Crippen molar-refractivity contribution in [3.05, 3.63) is 11.6 Å². The molecule has 1 unspecified atom stereocenters. The van der Waals surface area contributed by atoms with Gasteiger partial charge >= 0.3 is 6.03 Å². The smallest absolute Gasteiger partial charge is 0.323 e. The van der Waals surface area contributed by atoms with E-state index in [0.717, 1.165) is 32.4 Å². The van der Waals surface area contributed by atoms with Gasteiger partial charge in [0.25, 0.3) is 0 Å². The van der Waals surface area contributed by atoms with E-state index in [1.54, 1.807) is 13.3 Å². The number of hydrogen-bond acceptors (Lipinski definition) is 4. The van der Waals surface area contributed by atoms with Crippen LogP contribution in [0.3, 0.4) is 0 Å². The van der Waals surface area contributed by atoms with E-state index in [-0.39, 0.29) is 12.1 Å². The number of methoxy groups -OCH3 is 1. The molecule has 1 N–H and O–H groups in total. The minimum absolute atomic E-state index is 0.0586. The quantitative estimate of drug-likeness (QED) is 0.881. The summed E-state index contributed by atoms with van der Waals surface area (Å²) in [7, 11) is 1.73. The molecule has 0 bridgehead atoms. The Kier molecular flexibility index (Phi) is 4.33. The Morgan fingerprint density at radius 1 is 1.59 bits per heavy atom. The van der Waals surface area contributed by atoms with Crippen LogP contribution in [-0.2, 0) is 4.74 Å².